The molecule has 1 fully saturated rings. The van der Waals surface area contributed by atoms with Crippen LogP contribution in [-0.2, 0) is 14.4 Å². The predicted octanol–water partition coefficient (Wildman–Crippen LogP) is 4.93. The SMILES string of the molecule is C=S(C)(=O)Nc1cc(C)c2c(Nc3ccc(F)cc3OC3CC(NC(=O)OC(C)(C)C)C3)ncnc2c1. The Labute approximate surface area is 216 Å². The van der Waals surface area contributed by atoms with E-state index in [4.69, 9.17) is 9.47 Å². The first-order valence-corrected chi connectivity index (χ1v) is 14.0. The molecular weight excluding hydrogens is 497 g/mol. The molecule has 11 heteroatoms. The number of nitrogens with one attached hydrogen (secondary N) is 3. The summed E-state index contributed by atoms with van der Waals surface area (Å²) < 4.78 is 40.5. The molecule has 2 aromatic carbocycles. The third kappa shape index (κ3) is 7.00. The van der Waals surface area contributed by atoms with E-state index in [-0.39, 0.29) is 12.1 Å². The van der Waals surface area contributed by atoms with E-state index in [0.29, 0.717) is 41.3 Å². The van der Waals surface area contributed by atoms with Gasteiger partial charge in [-0.25, -0.2) is 23.4 Å². The molecule has 198 valence electrons. The molecule has 1 aliphatic carbocycles. The van der Waals surface area contributed by atoms with Crippen molar-refractivity contribution in [3.63, 3.8) is 0 Å². The molecule has 0 aliphatic heterocycles. The minimum atomic E-state index is -2.45. The third-order valence-corrected chi connectivity index (χ3v) is 6.24. The smallest absolute Gasteiger partial charge is 0.407 e. The molecule has 1 amide bonds. The first kappa shape index (κ1) is 26.5. The van der Waals surface area contributed by atoms with Gasteiger partial charge in [0.25, 0.3) is 0 Å². The van der Waals surface area contributed by atoms with Gasteiger partial charge in [0.15, 0.2) is 0 Å². The van der Waals surface area contributed by atoms with Gasteiger partial charge in [-0.1, -0.05) is 0 Å². The normalized spacial score (nSPS) is 18.9. The van der Waals surface area contributed by atoms with Gasteiger partial charge < -0.3 is 24.8 Å². The molecule has 1 unspecified atom stereocenters. The number of hydrogen-bond acceptors (Lipinski definition) is 7. The quantitative estimate of drug-likeness (QED) is 0.372. The average Bonchev–Trinajstić information content (AvgIpc) is 2.71. The molecule has 1 aromatic heterocycles. The van der Waals surface area contributed by atoms with Crippen molar-refractivity contribution in [2.24, 2.45) is 0 Å². The number of nitrogens with zero attached hydrogens (tertiary/aromatic N) is 2. The van der Waals surface area contributed by atoms with Crippen LogP contribution in [0.15, 0.2) is 36.7 Å². The Morgan fingerprint density at radius 3 is 2.59 bits per heavy atom. The maximum absolute atomic E-state index is 14.1. The Hall–Kier alpha value is -3.60. The Bertz CT molecular complexity index is 1430. The first-order chi connectivity index (χ1) is 17.3. The minimum Gasteiger partial charge on any atom is -0.488 e. The fourth-order valence-electron chi connectivity index (χ4n) is 4.05. The summed E-state index contributed by atoms with van der Waals surface area (Å²) in [4.78, 5) is 20.7. The number of aryl methyl sites for hydroxylation is 1. The molecule has 9 nitrogen and oxygen atoms in total. The Balaban J connectivity index is 1.50. The number of rotatable bonds is 7. The van der Waals surface area contributed by atoms with Crippen LogP contribution in [0.1, 0.15) is 39.2 Å². The van der Waals surface area contributed by atoms with E-state index in [1.165, 1.54) is 24.7 Å². The van der Waals surface area contributed by atoms with Gasteiger partial charge in [-0.05, 0) is 63.4 Å². The summed E-state index contributed by atoms with van der Waals surface area (Å²) in [6.45, 7) is 7.32. The molecule has 1 heterocycles. The lowest BCUT2D eigenvalue weighted by atomic mass is 9.89. The second kappa shape index (κ2) is 10.0. The topological polar surface area (TPSA) is 114 Å². The molecule has 0 spiro atoms. The average molecular weight is 530 g/mol. The Kier molecular flexibility index (Phi) is 7.18. The first-order valence-electron chi connectivity index (χ1n) is 11.8. The number of fused-ring (bicyclic) bond motifs is 1. The zero-order valence-electron chi connectivity index (χ0n) is 21.6. The third-order valence-electron chi connectivity index (χ3n) is 5.57. The number of hydrogen-bond donors (Lipinski definition) is 3. The molecule has 37 heavy (non-hydrogen) atoms. The second-order valence-electron chi connectivity index (χ2n) is 10.3. The largest absolute Gasteiger partial charge is 0.488 e. The van der Waals surface area contributed by atoms with E-state index in [0.717, 1.165) is 10.9 Å². The van der Waals surface area contributed by atoms with Crippen LogP contribution in [0.3, 0.4) is 0 Å². The molecule has 0 saturated heterocycles. The highest BCUT2D eigenvalue weighted by atomic mass is 32.2. The zero-order valence-corrected chi connectivity index (χ0v) is 22.4. The van der Waals surface area contributed by atoms with Crippen molar-refractivity contribution in [1.29, 1.82) is 0 Å². The van der Waals surface area contributed by atoms with Crippen molar-refractivity contribution >= 4 is 49.8 Å². The predicted molar refractivity (Wildman–Crippen MR) is 146 cm³/mol. The lowest BCUT2D eigenvalue weighted by Crippen LogP contribution is -2.50. The highest BCUT2D eigenvalue weighted by Crippen LogP contribution is 2.35. The Morgan fingerprint density at radius 2 is 1.92 bits per heavy atom. The maximum Gasteiger partial charge on any atom is 0.407 e. The standard InChI is InChI=1S/C26H32FN5O4S/c1-15-9-18(32-37(5,6)34)13-21-23(15)24(29-14-28-21)31-20-8-7-16(27)10-22(20)35-19-11-17(12-19)30-25(33)36-26(2,3)4/h7-10,13-14,17,19H,5,11-12H2,1-4,6H3,(H,30,33)(H,32,34)(H,28,29,31). The van der Waals surface area contributed by atoms with E-state index in [9.17, 15) is 13.4 Å². The molecule has 3 N–H and O–H groups in total. The number of aromatic nitrogens is 2. The fraction of sp³-hybridized carbons (Fsp3) is 0.385. The van der Waals surface area contributed by atoms with Crippen molar-refractivity contribution in [3.05, 3.63) is 48.0 Å². The number of benzene rings is 2. The summed E-state index contributed by atoms with van der Waals surface area (Å²) >= 11 is 0. The van der Waals surface area contributed by atoms with Crippen LogP contribution in [-0.4, -0.2) is 50.1 Å². The number of carbonyl (C=O) groups is 1. The molecule has 0 bridgehead atoms. The monoisotopic (exact) mass is 529 g/mol. The number of ether oxygens (including phenoxy) is 2. The van der Waals surface area contributed by atoms with Gasteiger partial charge in [-0.3, -0.25) is 0 Å². The fourth-order valence-corrected chi connectivity index (χ4v) is 4.67. The van der Waals surface area contributed by atoms with Crippen molar-refractivity contribution in [1.82, 2.24) is 15.3 Å². The van der Waals surface area contributed by atoms with Gasteiger partial charge in [0.1, 0.15) is 35.4 Å². The number of carbonyl (C=O) groups excluding carboxylic acids is 1. The highest BCUT2D eigenvalue weighted by Gasteiger charge is 2.33. The molecule has 1 saturated carbocycles. The van der Waals surface area contributed by atoms with Gasteiger partial charge in [0, 0.05) is 52.0 Å². The zero-order chi connectivity index (χ0) is 27.0. The second-order valence-corrected chi connectivity index (χ2v) is 12.6. The van der Waals surface area contributed by atoms with Gasteiger partial charge in [0.2, 0.25) is 0 Å². The summed E-state index contributed by atoms with van der Waals surface area (Å²) in [5.74, 6) is 4.06. The summed E-state index contributed by atoms with van der Waals surface area (Å²) in [6, 6.07) is 7.80. The van der Waals surface area contributed by atoms with Crippen LogP contribution < -0.4 is 20.1 Å². The van der Waals surface area contributed by atoms with Gasteiger partial charge in [-0.15, -0.1) is 0 Å². The van der Waals surface area contributed by atoms with Crippen molar-refractivity contribution in [2.75, 3.05) is 16.3 Å². The molecule has 4 rings (SSSR count). The molecular formula is C26H32FN5O4S. The van der Waals surface area contributed by atoms with E-state index < -0.39 is 27.2 Å². The van der Waals surface area contributed by atoms with Gasteiger partial charge >= 0.3 is 6.09 Å². The molecule has 1 aliphatic rings. The lowest BCUT2D eigenvalue weighted by molar-refractivity contribution is 0.0363. The Morgan fingerprint density at radius 1 is 1.19 bits per heavy atom. The number of halogens is 1. The number of amides is 1. The highest BCUT2D eigenvalue weighted by molar-refractivity contribution is 8.00. The minimum absolute atomic E-state index is 0.0720. The van der Waals surface area contributed by atoms with Crippen LogP contribution in [0, 0.1) is 12.7 Å². The van der Waals surface area contributed by atoms with Crippen molar-refractivity contribution in [2.45, 2.75) is 58.3 Å². The summed E-state index contributed by atoms with van der Waals surface area (Å²) in [5, 5.41) is 6.84. The van der Waals surface area contributed by atoms with E-state index in [2.05, 4.69) is 31.2 Å². The summed E-state index contributed by atoms with van der Waals surface area (Å²) in [6.07, 6.45) is 3.44. The van der Waals surface area contributed by atoms with Crippen LogP contribution in [0.2, 0.25) is 0 Å². The summed E-state index contributed by atoms with van der Waals surface area (Å²) in [7, 11) is -2.45. The summed E-state index contributed by atoms with van der Waals surface area (Å²) in [5.41, 5.74) is 2.11. The van der Waals surface area contributed by atoms with E-state index in [1.807, 2.05) is 33.8 Å². The van der Waals surface area contributed by atoms with Crippen LogP contribution >= 0.6 is 0 Å². The van der Waals surface area contributed by atoms with Crippen LogP contribution in [0.5, 0.6) is 5.75 Å². The van der Waals surface area contributed by atoms with Crippen LogP contribution in [0.25, 0.3) is 10.9 Å². The van der Waals surface area contributed by atoms with Gasteiger partial charge in [-0.2, -0.15) is 0 Å². The molecule has 1 atom stereocenters. The van der Waals surface area contributed by atoms with Crippen molar-refractivity contribution in [3.8, 4) is 5.75 Å². The lowest BCUT2D eigenvalue weighted by Gasteiger charge is -2.36. The molecule has 3 aromatic rings. The number of alkyl carbamates (subject to hydrolysis) is 1. The van der Waals surface area contributed by atoms with Gasteiger partial charge in [0.05, 0.1) is 11.2 Å². The maximum atomic E-state index is 14.1. The van der Waals surface area contributed by atoms with E-state index in [1.54, 1.807) is 12.1 Å². The van der Waals surface area contributed by atoms with E-state index >= 15 is 0 Å². The van der Waals surface area contributed by atoms with Crippen LogP contribution in [0.4, 0.5) is 26.4 Å². The van der Waals surface area contributed by atoms with Crippen molar-refractivity contribution < 1.29 is 22.9 Å². The molecule has 0 radical (unpaired) electrons. The number of anilines is 3.